The number of hydrogen-bond donors (Lipinski definition) is 2. The number of aromatic nitrogens is 1. The molecule has 0 atom stereocenters. The van der Waals surface area contributed by atoms with Crippen LogP contribution in [0.5, 0.6) is 0 Å². The highest BCUT2D eigenvalue weighted by atomic mass is 19.2. The number of oxime groups is 1. The van der Waals surface area contributed by atoms with Crippen LogP contribution >= 0.6 is 0 Å². The van der Waals surface area contributed by atoms with Crippen molar-refractivity contribution in [3.8, 4) is 0 Å². The molecule has 0 aliphatic carbocycles. The van der Waals surface area contributed by atoms with Gasteiger partial charge in [0.1, 0.15) is 5.71 Å². The van der Waals surface area contributed by atoms with Crippen molar-refractivity contribution in [3.05, 3.63) is 65.0 Å². The number of aliphatic hydroxyl groups excluding tert-OH is 1. The standard InChI is InChI=1S/C13H10F2N2O2/c14-10-3-2-9(5-11(10)15)13(17-19)12-4-1-8(7-18)6-16-12/h1-6,18-19H,7H2/b17-13-. The fourth-order valence-corrected chi connectivity index (χ4v) is 1.56. The van der Waals surface area contributed by atoms with Crippen molar-refractivity contribution in [2.75, 3.05) is 0 Å². The lowest BCUT2D eigenvalue weighted by Gasteiger charge is -2.05. The van der Waals surface area contributed by atoms with Gasteiger partial charge < -0.3 is 10.3 Å². The molecule has 0 radical (unpaired) electrons. The molecule has 19 heavy (non-hydrogen) atoms. The maximum Gasteiger partial charge on any atom is 0.159 e. The van der Waals surface area contributed by atoms with Crippen LogP contribution in [0.4, 0.5) is 8.78 Å². The lowest BCUT2D eigenvalue weighted by atomic mass is 10.1. The van der Waals surface area contributed by atoms with Gasteiger partial charge in [0.25, 0.3) is 0 Å². The van der Waals surface area contributed by atoms with Crippen molar-refractivity contribution in [2.24, 2.45) is 5.16 Å². The maximum absolute atomic E-state index is 13.1. The van der Waals surface area contributed by atoms with Crippen molar-refractivity contribution >= 4 is 5.71 Å². The fourth-order valence-electron chi connectivity index (χ4n) is 1.56. The van der Waals surface area contributed by atoms with Gasteiger partial charge in [-0.15, -0.1) is 0 Å². The lowest BCUT2D eigenvalue weighted by Crippen LogP contribution is -2.07. The Hall–Kier alpha value is -2.34. The molecule has 2 rings (SSSR count). The van der Waals surface area contributed by atoms with Crippen LogP contribution in [0.1, 0.15) is 16.8 Å². The number of pyridine rings is 1. The molecular weight excluding hydrogens is 254 g/mol. The molecule has 0 spiro atoms. The molecule has 0 aliphatic rings. The van der Waals surface area contributed by atoms with E-state index in [2.05, 4.69) is 10.1 Å². The summed E-state index contributed by atoms with van der Waals surface area (Å²) in [7, 11) is 0. The first-order chi connectivity index (χ1) is 9.15. The molecule has 6 heteroatoms. The summed E-state index contributed by atoms with van der Waals surface area (Å²) in [5, 5.41) is 21.0. The molecule has 0 bridgehead atoms. The van der Waals surface area contributed by atoms with Crippen LogP contribution in [0.2, 0.25) is 0 Å². The zero-order chi connectivity index (χ0) is 13.8. The van der Waals surface area contributed by atoms with E-state index in [1.807, 2.05) is 0 Å². The van der Waals surface area contributed by atoms with Gasteiger partial charge in [0.05, 0.1) is 12.3 Å². The normalized spacial score (nSPS) is 11.6. The molecule has 0 saturated heterocycles. The molecule has 1 heterocycles. The van der Waals surface area contributed by atoms with E-state index in [1.165, 1.54) is 18.3 Å². The molecule has 0 saturated carbocycles. The monoisotopic (exact) mass is 264 g/mol. The summed E-state index contributed by atoms with van der Waals surface area (Å²) in [6.07, 6.45) is 1.40. The van der Waals surface area contributed by atoms with E-state index in [0.29, 0.717) is 5.56 Å². The highest BCUT2D eigenvalue weighted by Crippen LogP contribution is 2.13. The first-order valence-corrected chi connectivity index (χ1v) is 5.39. The molecular formula is C13H10F2N2O2. The van der Waals surface area contributed by atoms with Gasteiger partial charge in [-0.1, -0.05) is 11.2 Å². The summed E-state index contributed by atoms with van der Waals surface area (Å²) >= 11 is 0. The van der Waals surface area contributed by atoms with E-state index >= 15 is 0 Å². The topological polar surface area (TPSA) is 65.7 Å². The van der Waals surface area contributed by atoms with Crippen LogP contribution in [-0.4, -0.2) is 21.0 Å². The van der Waals surface area contributed by atoms with Gasteiger partial charge in [0, 0.05) is 11.8 Å². The highest BCUT2D eigenvalue weighted by Gasteiger charge is 2.12. The van der Waals surface area contributed by atoms with Crippen molar-refractivity contribution in [1.82, 2.24) is 4.98 Å². The lowest BCUT2D eigenvalue weighted by molar-refractivity contribution is 0.281. The second kappa shape index (κ2) is 5.53. The first kappa shape index (κ1) is 13.1. The Balaban J connectivity index is 2.41. The van der Waals surface area contributed by atoms with E-state index in [4.69, 9.17) is 10.3 Å². The highest BCUT2D eigenvalue weighted by molar-refractivity contribution is 6.11. The molecule has 1 aromatic carbocycles. The average molecular weight is 264 g/mol. The Kier molecular flexibility index (Phi) is 3.82. The molecule has 0 fully saturated rings. The molecule has 4 nitrogen and oxygen atoms in total. The minimum absolute atomic E-state index is 0.0170. The quantitative estimate of drug-likeness (QED) is 0.506. The molecule has 2 aromatic rings. The summed E-state index contributed by atoms with van der Waals surface area (Å²) in [5.41, 5.74) is 1.09. The van der Waals surface area contributed by atoms with E-state index in [0.717, 1.165) is 12.1 Å². The van der Waals surface area contributed by atoms with Crippen LogP contribution in [0.15, 0.2) is 41.7 Å². The maximum atomic E-state index is 13.1. The zero-order valence-electron chi connectivity index (χ0n) is 9.72. The second-order valence-corrected chi connectivity index (χ2v) is 3.79. The van der Waals surface area contributed by atoms with Gasteiger partial charge in [-0.3, -0.25) is 4.98 Å². The smallest absolute Gasteiger partial charge is 0.159 e. The van der Waals surface area contributed by atoms with Gasteiger partial charge in [0.15, 0.2) is 11.6 Å². The fraction of sp³-hybridized carbons (Fsp3) is 0.0769. The van der Waals surface area contributed by atoms with Crippen molar-refractivity contribution < 1.29 is 19.1 Å². The van der Waals surface area contributed by atoms with Crippen LogP contribution in [-0.2, 0) is 6.61 Å². The molecule has 1 aromatic heterocycles. The van der Waals surface area contributed by atoms with E-state index in [1.54, 1.807) is 6.07 Å². The van der Waals surface area contributed by atoms with Crippen molar-refractivity contribution in [3.63, 3.8) is 0 Å². The Morgan fingerprint density at radius 3 is 2.47 bits per heavy atom. The minimum Gasteiger partial charge on any atom is -0.410 e. The third kappa shape index (κ3) is 2.74. The number of benzene rings is 1. The Morgan fingerprint density at radius 2 is 1.95 bits per heavy atom. The summed E-state index contributed by atoms with van der Waals surface area (Å²) in [5.74, 6) is -2.02. The Bertz CT molecular complexity index is 613. The number of nitrogens with zero attached hydrogens (tertiary/aromatic N) is 2. The van der Waals surface area contributed by atoms with E-state index in [9.17, 15) is 8.78 Å². The second-order valence-electron chi connectivity index (χ2n) is 3.79. The molecule has 2 N–H and O–H groups in total. The van der Waals surface area contributed by atoms with E-state index < -0.39 is 11.6 Å². The number of aliphatic hydroxyl groups is 1. The number of rotatable bonds is 3. The summed E-state index contributed by atoms with van der Waals surface area (Å²) in [6.45, 7) is -0.163. The summed E-state index contributed by atoms with van der Waals surface area (Å²) in [4.78, 5) is 3.98. The summed E-state index contributed by atoms with van der Waals surface area (Å²) in [6, 6.07) is 6.26. The molecule has 0 unspecified atom stereocenters. The van der Waals surface area contributed by atoms with Gasteiger partial charge in [-0.25, -0.2) is 8.78 Å². The van der Waals surface area contributed by atoms with Gasteiger partial charge in [-0.05, 0) is 29.8 Å². The third-order valence-corrected chi connectivity index (χ3v) is 2.54. The van der Waals surface area contributed by atoms with Crippen LogP contribution in [0.25, 0.3) is 0 Å². The van der Waals surface area contributed by atoms with Gasteiger partial charge >= 0.3 is 0 Å². The predicted octanol–water partition coefficient (Wildman–Crippen LogP) is 2.08. The third-order valence-electron chi connectivity index (χ3n) is 2.54. The Morgan fingerprint density at radius 1 is 1.16 bits per heavy atom. The number of halogens is 2. The van der Waals surface area contributed by atoms with Gasteiger partial charge in [0.2, 0.25) is 0 Å². The van der Waals surface area contributed by atoms with Crippen LogP contribution < -0.4 is 0 Å². The van der Waals surface area contributed by atoms with Crippen molar-refractivity contribution in [2.45, 2.75) is 6.61 Å². The number of hydrogen-bond acceptors (Lipinski definition) is 4. The van der Waals surface area contributed by atoms with Gasteiger partial charge in [-0.2, -0.15) is 0 Å². The van der Waals surface area contributed by atoms with Crippen molar-refractivity contribution in [1.29, 1.82) is 0 Å². The zero-order valence-corrected chi connectivity index (χ0v) is 9.72. The predicted molar refractivity (Wildman–Crippen MR) is 63.9 cm³/mol. The molecule has 0 aliphatic heterocycles. The van der Waals surface area contributed by atoms with Crippen LogP contribution in [0, 0.1) is 11.6 Å². The largest absolute Gasteiger partial charge is 0.410 e. The average Bonchev–Trinajstić information content (AvgIpc) is 2.44. The van der Waals surface area contributed by atoms with Crippen LogP contribution in [0.3, 0.4) is 0 Å². The van der Waals surface area contributed by atoms with E-state index in [-0.39, 0.29) is 23.6 Å². The minimum atomic E-state index is -1.04. The molecule has 0 amide bonds. The Labute approximate surface area is 107 Å². The summed E-state index contributed by atoms with van der Waals surface area (Å²) < 4.78 is 26.0. The SMILES string of the molecule is OCc1ccc(/C(=N\O)c2ccc(F)c(F)c2)nc1. The first-order valence-electron chi connectivity index (χ1n) is 5.39. The molecule has 98 valence electrons.